The molecule has 154 valence electrons. The summed E-state index contributed by atoms with van der Waals surface area (Å²) >= 11 is 0. The van der Waals surface area contributed by atoms with E-state index < -0.39 is 28.9 Å². The van der Waals surface area contributed by atoms with Crippen LogP contribution in [0.25, 0.3) is 0 Å². The monoisotopic (exact) mass is 387 g/mol. The maximum Gasteiger partial charge on any atom is 0.164 e. The summed E-state index contributed by atoms with van der Waals surface area (Å²) in [5.74, 6) is -0.152. The highest BCUT2D eigenvalue weighted by Crippen LogP contribution is 2.71. The Morgan fingerprint density at radius 1 is 1.25 bits per heavy atom. The lowest BCUT2D eigenvalue weighted by Gasteiger charge is -2.52. The third-order valence-electron chi connectivity index (χ3n) is 8.82. The second-order valence-corrected chi connectivity index (χ2v) is 11.0. The van der Waals surface area contributed by atoms with Crippen molar-refractivity contribution < 1.29 is 19.4 Å². The first-order chi connectivity index (χ1) is 12.9. The normalized spacial score (nSPS) is 53.1. The first kappa shape index (κ1) is 19.0. The van der Waals surface area contributed by atoms with Gasteiger partial charge in [0.25, 0.3) is 0 Å². The lowest BCUT2D eigenvalue weighted by molar-refractivity contribution is -0.294. The predicted molar refractivity (Wildman–Crippen MR) is 105 cm³/mol. The Hall–Kier alpha value is -1.01. The van der Waals surface area contributed by atoms with Crippen molar-refractivity contribution in [3.63, 3.8) is 0 Å². The zero-order chi connectivity index (χ0) is 20.4. The minimum atomic E-state index is -1.49. The zero-order valence-electron chi connectivity index (χ0n) is 17.8. The summed E-state index contributed by atoms with van der Waals surface area (Å²) in [6.07, 6.45) is 4.35. The number of ketones is 1. The van der Waals surface area contributed by atoms with Crippen molar-refractivity contribution in [2.24, 2.45) is 40.2 Å². The van der Waals surface area contributed by atoms with Crippen molar-refractivity contribution in [1.82, 2.24) is 0 Å². The summed E-state index contributed by atoms with van der Waals surface area (Å²) in [6.45, 7) is 12.7. The summed E-state index contributed by atoms with van der Waals surface area (Å²) in [5, 5.41) is 12.3. The summed E-state index contributed by atoms with van der Waals surface area (Å²) in [7, 11) is 0. The van der Waals surface area contributed by atoms with Crippen molar-refractivity contribution in [3.05, 3.63) is 23.3 Å². The summed E-state index contributed by atoms with van der Waals surface area (Å²) < 4.78 is 12.2. The van der Waals surface area contributed by atoms with Gasteiger partial charge in [-0.05, 0) is 55.9 Å². The zero-order valence-corrected chi connectivity index (χ0v) is 17.8. The maximum absolute atomic E-state index is 14.2. The largest absolute Gasteiger partial charge is 0.383 e. The molecule has 0 aromatic rings. The van der Waals surface area contributed by atoms with Gasteiger partial charge in [0.15, 0.2) is 11.6 Å². The van der Waals surface area contributed by atoms with Gasteiger partial charge in [0.05, 0.1) is 18.1 Å². The molecular weight excluding hydrogens is 354 g/mol. The Bertz CT molecular complexity index is 826. The van der Waals surface area contributed by atoms with Crippen molar-refractivity contribution in [2.75, 3.05) is 6.61 Å². The number of Topliss-reactive ketones (excluding diaryl/α,β-unsaturated/α-hetero) is 1. The smallest absolute Gasteiger partial charge is 0.164 e. The summed E-state index contributed by atoms with van der Waals surface area (Å²) in [5.41, 5.74) is 6.01. The van der Waals surface area contributed by atoms with Crippen LogP contribution in [0.15, 0.2) is 23.3 Å². The maximum atomic E-state index is 14.2. The van der Waals surface area contributed by atoms with E-state index in [4.69, 9.17) is 15.2 Å². The first-order valence-corrected chi connectivity index (χ1v) is 10.6. The topological polar surface area (TPSA) is 81.8 Å². The molecule has 0 aromatic carbocycles. The standard InChI is InChI=1S/C23H33NO4/c1-11-9-22-12(2)7-15-16(20(15,3)4)14(18(22)25)8-13-10-27-21(5,6)28-19(13)23(22,26)17(11)24/h8-9,12,14-17,19,26H,7,10,24H2,1-6H3/t12-,14+,15-,16+,17+,19-,22+,23-/m1/s1. The number of carbonyl (C=O) groups is 1. The van der Waals surface area contributed by atoms with Gasteiger partial charge >= 0.3 is 0 Å². The molecule has 2 bridgehead atoms. The average molecular weight is 388 g/mol. The molecule has 0 unspecified atom stereocenters. The molecule has 8 atom stereocenters. The molecule has 5 aliphatic rings. The number of hydrogen-bond donors (Lipinski definition) is 2. The van der Waals surface area contributed by atoms with Crippen molar-refractivity contribution in [2.45, 2.75) is 71.5 Å². The fourth-order valence-electron chi connectivity index (χ4n) is 7.20. The molecule has 5 rings (SSSR count). The van der Waals surface area contributed by atoms with Crippen LogP contribution in [0.5, 0.6) is 0 Å². The van der Waals surface area contributed by atoms with Crippen LogP contribution in [-0.2, 0) is 14.3 Å². The Morgan fingerprint density at radius 2 is 1.93 bits per heavy atom. The second kappa shape index (κ2) is 5.18. The van der Waals surface area contributed by atoms with Gasteiger partial charge in [-0.25, -0.2) is 0 Å². The molecule has 1 aliphatic heterocycles. The minimum Gasteiger partial charge on any atom is -0.383 e. The molecule has 2 saturated carbocycles. The van der Waals surface area contributed by atoms with E-state index in [0.29, 0.717) is 18.4 Å². The highest BCUT2D eigenvalue weighted by Gasteiger charge is 2.76. The molecule has 0 aromatic heterocycles. The van der Waals surface area contributed by atoms with Crippen LogP contribution in [0.4, 0.5) is 0 Å². The molecule has 1 heterocycles. The molecule has 3 fully saturated rings. The van der Waals surface area contributed by atoms with Gasteiger partial charge in [0, 0.05) is 5.92 Å². The van der Waals surface area contributed by atoms with Gasteiger partial charge in [-0.1, -0.05) is 38.5 Å². The number of hydrogen-bond acceptors (Lipinski definition) is 5. The van der Waals surface area contributed by atoms with E-state index in [1.54, 1.807) is 0 Å². The van der Waals surface area contributed by atoms with Crippen molar-refractivity contribution in [3.8, 4) is 0 Å². The van der Waals surface area contributed by atoms with Crippen LogP contribution in [0.2, 0.25) is 0 Å². The van der Waals surface area contributed by atoms with Crippen LogP contribution in [-0.4, -0.2) is 41.0 Å². The molecule has 4 aliphatic carbocycles. The van der Waals surface area contributed by atoms with Crippen LogP contribution in [0.3, 0.4) is 0 Å². The van der Waals surface area contributed by atoms with Crippen LogP contribution in [0, 0.1) is 34.5 Å². The predicted octanol–water partition coefficient (Wildman–Crippen LogP) is 2.58. The van der Waals surface area contributed by atoms with E-state index in [9.17, 15) is 9.90 Å². The number of allylic oxidation sites excluding steroid dienone is 1. The molecular formula is C23H33NO4. The number of carbonyl (C=O) groups excluding carboxylic acids is 1. The number of fused-ring (bicyclic) bond motifs is 5. The summed E-state index contributed by atoms with van der Waals surface area (Å²) in [4.78, 5) is 14.2. The van der Waals surface area contributed by atoms with E-state index in [0.717, 1.165) is 17.6 Å². The van der Waals surface area contributed by atoms with Gasteiger partial charge in [0.2, 0.25) is 0 Å². The second-order valence-electron chi connectivity index (χ2n) is 11.0. The molecule has 28 heavy (non-hydrogen) atoms. The fraction of sp³-hybridized carbons (Fsp3) is 0.783. The fourth-order valence-corrected chi connectivity index (χ4v) is 7.20. The highest BCUT2D eigenvalue weighted by molar-refractivity contribution is 5.95. The number of ether oxygens (including phenoxy) is 2. The molecule has 1 spiro atoms. The first-order valence-electron chi connectivity index (χ1n) is 10.6. The lowest BCUT2D eigenvalue weighted by atomic mass is 9.58. The third kappa shape index (κ3) is 1.95. The molecule has 0 radical (unpaired) electrons. The number of aliphatic hydroxyl groups is 1. The third-order valence-corrected chi connectivity index (χ3v) is 8.82. The molecule has 1 saturated heterocycles. The van der Waals surface area contributed by atoms with E-state index in [-0.39, 0.29) is 23.0 Å². The van der Waals surface area contributed by atoms with Gasteiger partial charge in [-0.15, -0.1) is 0 Å². The van der Waals surface area contributed by atoms with Gasteiger partial charge < -0.3 is 20.3 Å². The highest BCUT2D eigenvalue weighted by atomic mass is 16.7. The molecule has 3 N–H and O–H groups in total. The van der Waals surface area contributed by atoms with E-state index in [1.807, 2.05) is 26.8 Å². The Labute approximate surface area is 167 Å². The van der Waals surface area contributed by atoms with Crippen molar-refractivity contribution >= 4 is 5.78 Å². The quantitative estimate of drug-likeness (QED) is 0.625. The Kier molecular flexibility index (Phi) is 3.51. The van der Waals surface area contributed by atoms with Crippen molar-refractivity contribution in [1.29, 1.82) is 0 Å². The number of rotatable bonds is 0. The van der Waals surface area contributed by atoms with E-state index in [2.05, 4.69) is 26.8 Å². The van der Waals surface area contributed by atoms with E-state index >= 15 is 0 Å². The Morgan fingerprint density at radius 3 is 2.61 bits per heavy atom. The van der Waals surface area contributed by atoms with Crippen LogP contribution in [0.1, 0.15) is 48.0 Å². The molecule has 0 amide bonds. The Balaban J connectivity index is 1.77. The average Bonchev–Trinajstić information content (AvgIpc) is 3.10. The van der Waals surface area contributed by atoms with Gasteiger partial charge in [-0.2, -0.15) is 0 Å². The van der Waals surface area contributed by atoms with Crippen LogP contribution >= 0.6 is 0 Å². The van der Waals surface area contributed by atoms with E-state index in [1.165, 1.54) is 0 Å². The lowest BCUT2D eigenvalue weighted by Crippen LogP contribution is -2.69. The van der Waals surface area contributed by atoms with Gasteiger partial charge in [0.1, 0.15) is 11.7 Å². The van der Waals surface area contributed by atoms with Gasteiger partial charge in [-0.3, -0.25) is 4.79 Å². The molecule has 5 nitrogen and oxygen atoms in total. The van der Waals surface area contributed by atoms with Crippen LogP contribution < -0.4 is 5.73 Å². The minimum absolute atomic E-state index is 0.00455. The molecule has 5 heteroatoms. The summed E-state index contributed by atoms with van der Waals surface area (Å²) in [6, 6.07) is -0.637. The number of nitrogens with two attached hydrogens (primary N) is 1. The SMILES string of the molecule is CC1=C[C@]23C(=O)[C@@H](C=C4COC(C)(C)O[C@H]4[C@]2(O)[C@H]1N)[C@H]1[C@@H](C[C@H]3C)C1(C)C.